The van der Waals surface area contributed by atoms with E-state index in [1.165, 1.54) is 6.07 Å². The third-order valence-electron chi connectivity index (χ3n) is 6.01. The lowest BCUT2D eigenvalue weighted by Gasteiger charge is -2.12. The van der Waals surface area contributed by atoms with E-state index in [-0.39, 0.29) is 5.56 Å². The average molecular weight is 444 g/mol. The number of rotatable bonds is 6. The maximum atomic E-state index is 14.8. The van der Waals surface area contributed by atoms with Gasteiger partial charge in [-0.2, -0.15) is 0 Å². The van der Waals surface area contributed by atoms with E-state index >= 15 is 0 Å². The first kappa shape index (κ1) is 19.7. The Bertz CT molecular complexity index is 1370. The molecule has 0 atom stereocenters. The third-order valence-corrected chi connectivity index (χ3v) is 6.01. The Kier molecular flexibility index (Phi) is 4.53. The SMILES string of the molecule is Cc1cc(F)c(C(=O)Nc2cccc(-c3nnnn3C3CC3)n2)cc1-n1cnc(C2CC2)c1. The lowest BCUT2D eigenvalue weighted by Crippen LogP contribution is -2.16. The molecule has 1 amide bonds. The second-order valence-corrected chi connectivity index (χ2v) is 8.64. The largest absolute Gasteiger partial charge is 0.306 e. The molecule has 3 aromatic heterocycles. The van der Waals surface area contributed by atoms with Crippen LogP contribution in [0.15, 0.2) is 42.9 Å². The number of benzene rings is 1. The fourth-order valence-corrected chi connectivity index (χ4v) is 3.91. The van der Waals surface area contributed by atoms with Gasteiger partial charge in [0.05, 0.1) is 29.3 Å². The normalized spacial score (nSPS) is 15.6. The van der Waals surface area contributed by atoms with E-state index in [4.69, 9.17) is 0 Å². The number of amides is 1. The Morgan fingerprint density at radius 3 is 2.82 bits per heavy atom. The van der Waals surface area contributed by atoms with Gasteiger partial charge >= 0.3 is 0 Å². The molecule has 2 saturated carbocycles. The van der Waals surface area contributed by atoms with E-state index in [1.54, 1.807) is 35.3 Å². The van der Waals surface area contributed by atoms with Crippen LogP contribution >= 0.6 is 0 Å². The molecule has 2 aliphatic rings. The molecule has 0 aliphatic heterocycles. The van der Waals surface area contributed by atoms with Crippen LogP contribution in [-0.2, 0) is 0 Å². The summed E-state index contributed by atoms with van der Waals surface area (Å²) in [5.74, 6) is 0.175. The van der Waals surface area contributed by atoms with Crippen LogP contribution in [-0.4, -0.2) is 40.6 Å². The number of hydrogen-bond acceptors (Lipinski definition) is 6. The van der Waals surface area contributed by atoms with Crippen molar-refractivity contribution in [2.45, 2.75) is 44.6 Å². The van der Waals surface area contributed by atoms with Crippen LogP contribution in [0.4, 0.5) is 10.2 Å². The van der Waals surface area contributed by atoms with Crippen molar-refractivity contribution in [2.24, 2.45) is 0 Å². The second-order valence-electron chi connectivity index (χ2n) is 8.64. The molecule has 0 bridgehead atoms. The Balaban J connectivity index is 1.28. The molecule has 9 nitrogen and oxygen atoms in total. The average Bonchev–Trinajstić information content (AvgIpc) is 3.74. The summed E-state index contributed by atoms with van der Waals surface area (Å²) in [5.41, 5.74) is 2.94. The van der Waals surface area contributed by atoms with Gasteiger partial charge in [-0.1, -0.05) is 6.07 Å². The van der Waals surface area contributed by atoms with Crippen molar-refractivity contribution in [3.05, 3.63) is 65.5 Å². The maximum Gasteiger partial charge on any atom is 0.259 e. The number of aromatic nitrogens is 7. The van der Waals surface area contributed by atoms with Gasteiger partial charge in [0.25, 0.3) is 5.91 Å². The van der Waals surface area contributed by atoms with Crippen molar-refractivity contribution in [1.29, 1.82) is 0 Å². The first-order valence-corrected chi connectivity index (χ1v) is 11.0. The summed E-state index contributed by atoms with van der Waals surface area (Å²) in [5, 5.41) is 14.6. The van der Waals surface area contributed by atoms with Crippen LogP contribution in [0.3, 0.4) is 0 Å². The molecule has 10 heteroatoms. The molecule has 1 N–H and O–H groups in total. The van der Waals surface area contributed by atoms with Crippen LogP contribution in [0.2, 0.25) is 0 Å². The molecule has 2 aliphatic carbocycles. The fraction of sp³-hybridized carbons (Fsp3) is 0.304. The van der Waals surface area contributed by atoms with Crippen LogP contribution in [0.25, 0.3) is 17.2 Å². The summed E-state index contributed by atoms with van der Waals surface area (Å²) in [6.07, 6.45) is 8.02. The maximum absolute atomic E-state index is 14.8. The van der Waals surface area contributed by atoms with Crippen molar-refractivity contribution in [1.82, 2.24) is 34.7 Å². The van der Waals surface area contributed by atoms with Crippen LogP contribution in [0, 0.1) is 12.7 Å². The topological polar surface area (TPSA) is 103 Å². The number of imidazole rings is 1. The summed E-state index contributed by atoms with van der Waals surface area (Å²) in [7, 11) is 0. The molecule has 4 aromatic rings. The predicted molar refractivity (Wildman–Crippen MR) is 118 cm³/mol. The van der Waals surface area contributed by atoms with E-state index in [9.17, 15) is 9.18 Å². The summed E-state index contributed by atoms with van der Waals surface area (Å²) < 4.78 is 18.4. The summed E-state index contributed by atoms with van der Waals surface area (Å²) in [4.78, 5) is 21.9. The predicted octanol–water partition coefficient (Wildman–Crippen LogP) is 3.83. The lowest BCUT2D eigenvalue weighted by atomic mass is 10.1. The van der Waals surface area contributed by atoms with Crippen molar-refractivity contribution >= 4 is 11.7 Å². The van der Waals surface area contributed by atoms with Crippen LogP contribution in [0.5, 0.6) is 0 Å². The van der Waals surface area contributed by atoms with Crippen molar-refractivity contribution in [3.8, 4) is 17.2 Å². The molecular weight excluding hydrogens is 423 g/mol. The highest BCUT2D eigenvalue weighted by molar-refractivity contribution is 6.04. The zero-order valence-corrected chi connectivity index (χ0v) is 17.9. The van der Waals surface area contributed by atoms with E-state index in [0.717, 1.165) is 36.9 Å². The number of anilines is 1. The van der Waals surface area contributed by atoms with Crippen molar-refractivity contribution < 1.29 is 9.18 Å². The molecule has 2 fully saturated rings. The minimum atomic E-state index is -0.592. The second kappa shape index (κ2) is 7.58. The number of pyridine rings is 1. The lowest BCUT2D eigenvalue weighted by molar-refractivity contribution is 0.102. The monoisotopic (exact) mass is 444 g/mol. The van der Waals surface area contributed by atoms with E-state index in [1.807, 2.05) is 17.7 Å². The molecule has 166 valence electrons. The highest BCUT2D eigenvalue weighted by atomic mass is 19.1. The minimum Gasteiger partial charge on any atom is -0.306 e. The zero-order valence-electron chi connectivity index (χ0n) is 17.9. The molecule has 0 spiro atoms. The van der Waals surface area contributed by atoms with Crippen LogP contribution in [0.1, 0.15) is 59.3 Å². The van der Waals surface area contributed by atoms with E-state index < -0.39 is 11.7 Å². The number of carbonyl (C=O) groups excluding carboxylic acids is 1. The van der Waals surface area contributed by atoms with Gasteiger partial charge in [-0.05, 0) is 72.9 Å². The molecular formula is C23H21FN8O. The van der Waals surface area contributed by atoms with Gasteiger partial charge in [0.2, 0.25) is 5.82 Å². The highest BCUT2D eigenvalue weighted by Gasteiger charge is 2.29. The van der Waals surface area contributed by atoms with Crippen LogP contribution < -0.4 is 5.32 Å². The molecule has 33 heavy (non-hydrogen) atoms. The van der Waals surface area contributed by atoms with Gasteiger partial charge < -0.3 is 9.88 Å². The Hall–Kier alpha value is -3.95. The van der Waals surface area contributed by atoms with Crippen molar-refractivity contribution in [2.75, 3.05) is 5.32 Å². The third kappa shape index (κ3) is 3.77. The van der Waals surface area contributed by atoms with Crippen molar-refractivity contribution in [3.63, 3.8) is 0 Å². The molecule has 6 rings (SSSR count). The molecule has 3 heterocycles. The van der Waals surface area contributed by atoms with Gasteiger partial charge in [0, 0.05) is 12.1 Å². The van der Waals surface area contributed by atoms with Gasteiger partial charge in [-0.25, -0.2) is 19.0 Å². The smallest absolute Gasteiger partial charge is 0.259 e. The molecule has 0 saturated heterocycles. The quantitative estimate of drug-likeness (QED) is 0.485. The number of carbonyl (C=O) groups is 1. The first-order chi connectivity index (χ1) is 16.1. The van der Waals surface area contributed by atoms with Gasteiger partial charge in [0.1, 0.15) is 17.3 Å². The number of nitrogens with one attached hydrogen (secondary N) is 1. The summed E-state index contributed by atoms with van der Waals surface area (Å²) in [6.45, 7) is 1.81. The Morgan fingerprint density at radius 1 is 1.18 bits per heavy atom. The highest BCUT2D eigenvalue weighted by Crippen LogP contribution is 2.39. The van der Waals surface area contributed by atoms with Gasteiger partial charge in [-0.15, -0.1) is 5.10 Å². The zero-order chi connectivity index (χ0) is 22.5. The number of aryl methyl sites for hydroxylation is 1. The Labute approximate surface area is 188 Å². The number of halogens is 1. The minimum absolute atomic E-state index is 0.0627. The van der Waals surface area contributed by atoms with E-state index in [2.05, 4.69) is 30.8 Å². The molecule has 0 unspecified atom stereocenters. The molecule has 0 radical (unpaired) electrons. The standard InChI is InChI=1S/C23H21FN8O/c1-13-9-17(24)16(10-20(13)31-11-19(25-12-31)14-5-6-14)23(33)27-21-4-2-3-18(26-21)22-28-29-30-32(22)15-7-8-15/h2-4,9-12,14-15H,5-8H2,1H3,(H,26,27,33). The first-order valence-electron chi connectivity index (χ1n) is 11.0. The summed E-state index contributed by atoms with van der Waals surface area (Å²) in [6, 6.07) is 8.40. The van der Waals surface area contributed by atoms with Gasteiger partial charge in [-0.3, -0.25) is 4.79 Å². The van der Waals surface area contributed by atoms with Gasteiger partial charge in [0.15, 0.2) is 0 Å². The fourth-order valence-electron chi connectivity index (χ4n) is 3.91. The Morgan fingerprint density at radius 2 is 2.03 bits per heavy atom. The van der Waals surface area contributed by atoms with E-state index in [0.29, 0.717) is 35.0 Å². The number of tetrazole rings is 1. The molecule has 1 aromatic carbocycles. The number of hydrogen-bond donors (Lipinski definition) is 1. The summed E-state index contributed by atoms with van der Waals surface area (Å²) >= 11 is 0. The number of nitrogens with zero attached hydrogens (tertiary/aromatic N) is 7.